The first kappa shape index (κ1) is 9.01. The Morgan fingerprint density at radius 3 is 3.08 bits per heavy atom. The van der Waals surface area contributed by atoms with Crippen molar-refractivity contribution in [3.8, 4) is 0 Å². The fourth-order valence-corrected chi connectivity index (χ4v) is 2.02. The lowest BCUT2D eigenvalue weighted by molar-refractivity contribution is 0.936. The fourth-order valence-electron chi connectivity index (χ4n) is 1.74. The summed E-state index contributed by atoms with van der Waals surface area (Å²) < 4.78 is 0. The van der Waals surface area contributed by atoms with E-state index in [1.165, 1.54) is 29.5 Å². The summed E-state index contributed by atoms with van der Waals surface area (Å²) in [6, 6.07) is 6.83. The number of aryl methyl sites for hydroxylation is 1. The lowest BCUT2D eigenvalue weighted by Gasteiger charge is -2.03. The van der Waals surface area contributed by atoms with Gasteiger partial charge >= 0.3 is 0 Å². The van der Waals surface area contributed by atoms with Crippen LogP contribution < -0.4 is 0 Å². The molecule has 0 spiro atoms. The van der Waals surface area contributed by atoms with Crippen molar-refractivity contribution in [2.75, 3.05) is 5.33 Å². The van der Waals surface area contributed by atoms with Crippen LogP contribution >= 0.6 is 15.9 Å². The van der Waals surface area contributed by atoms with Crippen LogP contribution in [0.5, 0.6) is 0 Å². The predicted molar refractivity (Wildman–Crippen MR) is 61.3 cm³/mol. The van der Waals surface area contributed by atoms with Gasteiger partial charge in [-0.05, 0) is 36.0 Å². The van der Waals surface area contributed by atoms with E-state index in [1.807, 2.05) is 0 Å². The van der Waals surface area contributed by atoms with E-state index in [2.05, 4.69) is 46.3 Å². The van der Waals surface area contributed by atoms with E-state index in [0.717, 1.165) is 11.8 Å². The molecule has 68 valence electrons. The van der Waals surface area contributed by atoms with Gasteiger partial charge < -0.3 is 0 Å². The van der Waals surface area contributed by atoms with Crippen molar-refractivity contribution in [3.63, 3.8) is 0 Å². The summed E-state index contributed by atoms with van der Waals surface area (Å²) in [5, 5.41) is 1.10. The van der Waals surface area contributed by atoms with Crippen molar-refractivity contribution in [1.29, 1.82) is 0 Å². The van der Waals surface area contributed by atoms with E-state index < -0.39 is 0 Å². The van der Waals surface area contributed by atoms with Gasteiger partial charge in [-0.1, -0.05) is 46.3 Å². The van der Waals surface area contributed by atoms with E-state index in [9.17, 15) is 0 Å². The molecule has 1 heteroatoms. The first-order chi connectivity index (χ1) is 6.40. The second-order valence-electron chi connectivity index (χ2n) is 3.43. The van der Waals surface area contributed by atoms with Gasteiger partial charge in [-0.25, -0.2) is 0 Å². The van der Waals surface area contributed by atoms with Gasteiger partial charge in [0.15, 0.2) is 0 Å². The van der Waals surface area contributed by atoms with E-state index in [4.69, 9.17) is 0 Å². The molecule has 1 aliphatic rings. The van der Waals surface area contributed by atoms with Crippen LogP contribution in [0.15, 0.2) is 24.3 Å². The van der Waals surface area contributed by atoms with Gasteiger partial charge in [0.25, 0.3) is 0 Å². The summed E-state index contributed by atoms with van der Waals surface area (Å²) in [5.74, 6) is 0. The highest BCUT2D eigenvalue weighted by Crippen LogP contribution is 2.21. The summed E-state index contributed by atoms with van der Waals surface area (Å²) in [4.78, 5) is 0. The van der Waals surface area contributed by atoms with Crippen LogP contribution in [0.3, 0.4) is 0 Å². The molecule has 0 heterocycles. The van der Waals surface area contributed by atoms with E-state index in [1.54, 1.807) is 0 Å². The van der Waals surface area contributed by atoms with Crippen LogP contribution in [0, 0.1) is 0 Å². The fraction of sp³-hybridized carbons (Fsp3) is 0.333. The molecule has 0 aromatic heterocycles. The summed E-state index contributed by atoms with van der Waals surface area (Å²) in [5.41, 5.74) is 4.37. The average Bonchev–Trinajstić information content (AvgIpc) is 2.61. The van der Waals surface area contributed by atoms with E-state index in [-0.39, 0.29) is 0 Å². The maximum atomic E-state index is 3.46. The molecule has 0 amide bonds. The predicted octanol–water partition coefficient (Wildman–Crippen LogP) is 3.58. The molecular formula is C12H13Br. The molecule has 2 rings (SSSR count). The van der Waals surface area contributed by atoms with Gasteiger partial charge in [0.1, 0.15) is 0 Å². The summed E-state index contributed by atoms with van der Waals surface area (Å²) in [6.07, 6.45) is 7.99. The van der Waals surface area contributed by atoms with Crippen molar-refractivity contribution in [2.24, 2.45) is 0 Å². The van der Waals surface area contributed by atoms with E-state index in [0.29, 0.717) is 0 Å². The molecule has 0 bridgehead atoms. The molecule has 1 aliphatic carbocycles. The lowest BCUT2D eigenvalue weighted by Crippen LogP contribution is -1.89. The van der Waals surface area contributed by atoms with Crippen LogP contribution in [0.4, 0.5) is 0 Å². The number of hydrogen-bond acceptors (Lipinski definition) is 0. The van der Waals surface area contributed by atoms with Crippen LogP contribution in [0.1, 0.15) is 23.1 Å². The molecule has 0 nitrogen and oxygen atoms in total. The first-order valence-corrected chi connectivity index (χ1v) is 5.86. The van der Waals surface area contributed by atoms with E-state index >= 15 is 0 Å². The molecule has 0 N–H and O–H groups in total. The minimum Gasteiger partial charge on any atom is -0.0928 e. The Hall–Kier alpha value is -0.560. The molecule has 1 aromatic carbocycles. The molecule has 0 unspecified atom stereocenters. The Labute approximate surface area is 87.8 Å². The normalized spacial score (nSPS) is 13.3. The Kier molecular flexibility index (Phi) is 2.84. The van der Waals surface area contributed by atoms with Gasteiger partial charge in [-0.15, -0.1) is 0 Å². The van der Waals surface area contributed by atoms with Gasteiger partial charge in [-0.2, -0.15) is 0 Å². The Morgan fingerprint density at radius 1 is 1.31 bits per heavy atom. The summed E-state index contributed by atoms with van der Waals surface area (Å²) >= 11 is 3.46. The zero-order chi connectivity index (χ0) is 9.10. The number of allylic oxidation sites excluding steroid dienone is 1. The highest BCUT2D eigenvalue weighted by Gasteiger charge is 2.04. The van der Waals surface area contributed by atoms with Crippen LogP contribution in [-0.2, 0) is 12.8 Å². The van der Waals surface area contributed by atoms with Crippen LogP contribution in [0.2, 0.25) is 0 Å². The average molecular weight is 237 g/mol. The number of fused-ring (bicyclic) bond motifs is 1. The van der Waals surface area contributed by atoms with Crippen LogP contribution in [-0.4, -0.2) is 5.33 Å². The molecule has 0 fully saturated rings. The Balaban J connectivity index is 2.14. The van der Waals surface area contributed by atoms with Crippen molar-refractivity contribution in [3.05, 3.63) is 41.0 Å². The highest BCUT2D eigenvalue weighted by atomic mass is 79.9. The van der Waals surface area contributed by atoms with Crippen molar-refractivity contribution >= 4 is 22.0 Å². The summed E-state index contributed by atoms with van der Waals surface area (Å²) in [6.45, 7) is 0. The molecule has 0 radical (unpaired) electrons. The smallest absolute Gasteiger partial charge is 0.00344 e. The molecule has 0 saturated carbocycles. The number of rotatable bonds is 3. The highest BCUT2D eigenvalue weighted by molar-refractivity contribution is 9.09. The number of benzene rings is 1. The molecular weight excluding hydrogens is 224 g/mol. The lowest BCUT2D eigenvalue weighted by atomic mass is 10.0. The molecule has 0 atom stereocenters. The minimum atomic E-state index is 1.10. The van der Waals surface area contributed by atoms with Gasteiger partial charge in [0.05, 0.1) is 0 Å². The van der Waals surface area contributed by atoms with Crippen molar-refractivity contribution in [2.45, 2.75) is 19.3 Å². The minimum absolute atomic E-state index is 1.10. The third kappa shape index (κ3) is 2.02. The quantitative estimate of drug-likeness (QED) is 0.705. The van der Waals surface area contributed by atoms with Crippen molar-refractivity contribution < 1.29 is 0 Å². The zero-order valence-electron chi connectivity index (χ0n) is 7.59. The topological polar surface area (TPSA) is 0 Å². The van der Waals surface area contributed by atoms with Gasteiger partial charge in [-0.3, -0.25) is 0 Å². The maximum absolute atomic E-state index is 3.46. The van der Waals surface area contributed by atoms with Crippen LogP contribution in [0.25, 0.3) is 6.08 Å². The number of hydrogen-bond donors (Lipinski definition) is 0. The Bertz CT molecular complexity index is 326. The number of alkyl halides is 1. The third-order valence-electron chi connectivity index (χ3n) is 2.44. The standard InChI is InChI=1S/C12H13Br/c13-8-2-3-10-6-7-11-4-1-5-12(11)9-10/h1,4,6-7,9H,2-3,5,8H2. The third-order valence-corrected chi connectivity index (χ3v) is 3.00. The van der Waals surface area contributed by atoms with Gasteiger partial charge in [0, 0.05) is 5.33 Å². The SMILES string of the molecule is BrCCCc1ccc2c(c1)CC=C2. The van der Waals surface area contributed by atoms with Crippen molar-refractivity contribution in [1.82, 2.24) is 0 Å². The molecule has 0 saturated heterocycles. The second-order valence-corrected chi connectivity index (χ2v) is 4.23. The second kappa shape index (κ2) is 4.10. The molecule has 13 heavy (non-hydrogen) atoms. The first-order valence-electron chi connectivity index (χ1n) is 4.74. The van der Waals surface area contributed by atoms with Gasteiger partial charge in [0.2, 0.25) is 0 Å². The molecule has 0 aliphatic heterocycles. The molecule has 1 aromatic rings. The monoisotopic (exact) mass is 236 g/mol. The zero-order valence-corrected chi connectivity index (χ0v) is 9.18. The largest absolute Gasteiger partial charge is 0.0928 e. The summed E-state index contributed by atoms with van der Waals surface area (Å²) in [7, 11) is 0. The maximum Gasteiger partial charge on any atom is 0.00344 e. The Morgan fingerprint density at radius 2 is 2.23 bits per heavy atom. The number of halogens is 1.